The molecule has 1 heterocycles. The molecule has 2 atom stereocenters. The molecule has 0 spiro atoms. The summed E-state index contributed by atoms with van der Waals surface area (Å²) in [5.41, 5.74) is 0.337. The Balaban J connectivity index is 2.00. The lowest BCUT2D eigenvalue weighted by Crippen LogP contribution is -2.30. The zero-order valence-electron chi connectivity index (χ0n) is 13.5. The van der Waals surface area contributed by atoms with Crippen LogP contribution in [0.15, 0.2) is 53.4 Å². The van der Waals surface area contributed by atoms with E-state index in [9.17, 15) is 22.7 Å². The molecule has 6 nitrogen and oxygen atoms in total. The second-order valence-corrected chi connectivity index (χ2v) is 7.92. The van der Waals surface area contributed by atoms with Crippen LogP contribution in [-0.4, -0.2) is 36.9 Å². The van der Waals surface area contributed by atoms with Gasteiger partial charge in [0.2, 0.25) is 10.0 Å². The molecular weight excluding hydrogens is 359 g/mol. The van der Waals surface area contributed by atoms with Crippen LogP contribution in [0.25, 0.3) is 0 Å². The predicted octanol–water partition coefficient (Wildman–Crippen LogP) is 2.19. The number of hydrogen-bond acceptors (Lipinski definition) is 4. The molecule has 26 heavy (non-hydrogen) atoms. The minimum atomic E-state index is -4.27. The van der Waals surface area contributed by atoms with Crippen molar-refractivity contribution in [2.75, 3.05) is 13.1 Å². The second kappa shape index (κ2) is 6.86. The van der Waals surface area contributed by atoms with Gasteiger partial charge in [-0.25, -0.2) is 12.8 Å². The first-order chi connectivity index (χ1) is 12.4. The van der Waals surface area contributed by atoms with Crippen molar-refractivity contribution in [1.82, 2.24) is 4.31 Å². The third-order valence-corrected chi connectivity index (χ3v) is 6.38. The lowest BCUT2D eigenvalue weighted by Gasteiger charge is -2.17. The molecule has 0 unspecified atom stereocenters. The number of carboxylic acids is 1. The summed E-state index contributed by atoms with van der Waals surface area (Å²) in [6.45, 7) is -0.326. The summed E-state index contributed by atoms with van der Waals surface area (Å²) < 4.78 is 41.0. The molecule has 1 aliphatic rings. The highest BCUT2D eigenvalue weighted by atomic mass is 32.2. The molecule has 3 rings (SSSR count). The fraction of sp³-hybridized carbons (Fsp3) is 0.222. The van der Waals surface area contributed by atoms with Crippen LogP contribution in [0.5, 0.6) is 0 Å². The van der Waals surface area contributed by atoms with Crippen molar-refractivity contribution in [3.8, 4) is 6.07 Å². The van der Waals surface area contributed by atoms with Gasteiger partial charge < -0.3 is 5.11 Å². The van der Waals surface area contributed by atoms with Crippen LogP contribution in [-0.2, 0) is 14.8 Å². The van der Waals surface area contributed by atoms with Gasteiger partial charge in [0.05, 0.1) is 11.5 Å². The van der Waals surface area contributed by atoms with Crippen LogP contribution in [0, 0.1) is 23.1 Å². The molecule has 134 valence electrons. The summed E-state index contributed by atoms with van der Waals surface area (Å²) in [5, 5.41) is 18.4. The van der Waals surface area contributed by atoms with E-state index in [1.165, 1.54) is 12.1 Å². The largest absolute Gasteiger partial charge is 0.481 e. The first-order valence-corrected chi connectivity index (χ1v) is 9.26. The van der Waals surface area contributed by atoms with Crippen LogP contribution >= 0.6 is 0 Å². The number of aliphatic carboxylic acids is 1. The lowest BCUT2D eigenvalue weighted by atomic mass is 9.89. The first-order valence-electron chi connectivity index (χ1n) is 7.82. The number of sulfonamides is 1. The van der Waals surface area contributed by atoms with Crippen molar-refractivity contribution in [3.63, 3.8) is 0 Å². The van der Waals surface area contributed by atoms with Gasteiger partial charge in [-0.05, 0) is 17.7 Å². The average molecular weight is 374 g/mol. The number of carboxylic acid groups (broad SMARTS) is 1. The SMILES string of the molecule is N#Cc1cccc(S(=O)(=O)N2C[C@@H](C(=O)O)[C@H](c3ccccc3)C2)c1F. The number of halogens is 1. The monoisotopic (exact) mass is 374 g/mol. The fourth-order valence-corrected chi connectivity index (χ4v) is 4.77. The van der Waals surface area contributed by atoms with E-state index in [0.717, 1.165) is 10.4 Å². The van der Waals surface area contributed by atoms with Gasteiger partial charge >= 0.3 is 5.97 Å². The van der Waals surface area contributed by atoms with Crippen molar-refractivity contribution in [1.29, 1.82) is 5.26 Å². The molecule has 0 amide bonds. The molecule has 0 radical (unpaired) electrons. The lowest BCUT2D eigenvalue weighted by molar-refractivity contribution is -0.141. The van der Waals surface area contributed by atoms with E-state index >= 15 is 0 Å². The van der Waals surface area contributed by atoms with Gasteiger partial charge in [-0.3, -0.25) is 4.79 Å². The van der Waals surface area contributed by atoms with Gasteiger partial charge in [-0.15, -0.1) is 0 Å². The van der Waals surface area contributed by atoms with Gasteiger partial charge in [-0.2, -0.15) is 9.57 Å². The van der Waals surface area contributed by atoms with E-state index in [2.05, 4.69) is 0 Å². The molecule has 0 aliphatic carbocycles. The highest BCUT2D eigenvalue weighted by molar-refractivity contribution is 7.89. The standard InChI is InChI=1S/C18H15FN2O4S/c19-17-13(9-20)7-4-8-16(17)26(24,25)21-10-14(15(11-21)18(22)23)12-5-2-1-3-6-12/h1-8,14-15H,10-11H2,(H,22,23)/t14-,15+/m0/s1. The molecule has 0 saturated carbocycles. The topological polar surface area (TPSA) is 98.5 Å². The molecule has 0 aromatic heterocycles. The summed E-state index contributed by atoms with van der Waals surface area (Å²) >= 11 is 0. The van der Waals surface area contributed by atoms with Crippen LogP contribution in [0.1, 0.15) is 17.0 Å². The molecule has 1 saturated heterocycles. The second-order valence-electron chi connectivity index (χ2n) is 6.01. The Kier molecular flexibility index (Phi) is 4.76. The van der Waals surface area contributed by atoms with Gasteiger partial charge in [0, 0.05) is 19.0 Å². The molecule has 2 aromatic carbocycles. The zero-order valence-corrected chi connectivity index (χ0v) is 14.4. The molecular formula is C18H15FN2O4S. The molecule has 1 fully saturated rings. The van der Waals surface area contributed by atoms with Gasteiger partial charge in [0.1, 0.15) is 11.0 Å². The average Bonchev–Trinajstić information content (AvgIpc) is 3.09. The predicted molar refractivity (Wildman–Crippen MR) is 90.2 cm³/mol. The van der Waals surface area contributed by atoms with Crippen molar-refractivity contribution in [3.05, 3.63) is 65.5 Å². The third-order valence-electron chi connectivity index (χ3n) is 4.53. The number of nitrogens with zero attached hydrogens (tertiary/aromatic N) is 2. The Morgan fingerprint density at radius 2 is 1.85 bits per heavy atom. The number of carbonyl (C=O) groups is 1. The summed E-state index contributed by atoms with van der Waals surface area (Å²) in [6, 6.07) is 13.9. The Bertz CT molecular complexity index is 986. The van der Waals surface area contributed by atoms with Gasteiger partial charge in [0.25, 0.3) is 0 Å². The highest BCUT2D eigenvalue weighted by Crippen LogP contribution is 2.36. The minimum absolute atomic E-state index is 0.0699. The minimum Gasteiger partial charge on any atom is -0.481 e. The van der Waals surface area contributed by atoms with E-state index in [1.54, 1.807) is 36.4 Å². The Morgan fingerprint density at radius 3 is 2.46 bits per heavy atom. The summed E-state index contributed by atoms with van der Waals surface area (Å²) in [4.78, 5) is 11.0. The first kappa shape index (κ1) is 18.0. The maximum absolute atomic E-state index is 14.4. The maximum Gasteiger partial charge on any atom is 0.308 e. The fourth-order valence-electron chi connectivity index (χ4n) is 3.19. The van der Waals surface area contributed by atoms with Crippen LogP contribution in [0.4, 0.5) is 4.39 Å². The van der Waals surface area contributed by atoms with E-state index in [0.29, 0.717) is 5.56 Å². The highest BCUT2D eigenvalue weighted by Gasteiger charge is 2.44. The van der Waals surface area contributed by atoms with Crippen LogP contribution < -0.4 is 0 Å². The van der Waals surface area contributed by atoms with E-state index in [-0.39, 0.29) is 18.7 Å². The number of rotatable bonds is 4. The quantitative estimate of drug-likeness (QED) is 0.884. The maximum atomic E-state index is 14.4. The Labute approximate surface area is 150 Å². The van der Waals surface area contributed by atoms with Crippen molar-refractivity contribution in [2.24, 2.45) is 5.92 Å². The molecule has 1 aliphatic heterocycles. The van der Waals surface area contributed by atoms with Gasteiger partial charge in [-0.1, -0.05) is 36.4 Å². The molecule has 1 N–H and O–H groups in total. The van der Waals surface area contributed by atoms with E-state index in [1.807, 2.05) is 0 Å². The van der Waals surface area contributed by atoms with Crippen molar-refractivity contribution < 1.29 is 22.7 Å². The number of benzene rings is 2. The van der Waals surface area contributed by atoms with Crippen LogP contribution in [0.2, 0.25) is 0 Å². The Morgan fingerprint density at radius 1 is 1.15 bits per heavy atom. The number of hydrogen-bond donors (Lipinski definition) is 1. The third kappa shape index (κ3) is 3.07. The molecule has 0 bridgehead atoms. The summed E-state index contributed by atoms with van der Waals surface area (Å²) in [6.07, 6.45) is 0. The number of nitriles is 1. The molecule has 2 aromatic rings. The molecule has 8 heteroatoms. The van der Waals surface area contributed by atoms with E-state index < -0.39 is 38.5 Å². The van der Waals surface area contributed by atoms with Crippen molar-refractivity contribution >= 4 is 16.0 Å². The zero-order chi connectivity index (χ0) is 18.9. The normalized spacial score (nSPS) is 20.6. The van der Waals surface area contributed by atoms with E-state index in [4.69, 9.17) is 5.26 Å². The smallest absolute Gasteiger partial charge is 0.308 e. The summed E-state index contributed by atoms with van der Waals surface area (Å²) in [5.74, 6) is -3.70. The van der Waals surface area contributed by atoms with Crippen LogP contribution in [0.3, 0.4) is 0 Å². The van der Waals surface area contributed by atoms with Crippen molar-refractivity contribution in [2.45, 2.75) is 10.8 Å². The summed E-state index contributed by atoms with van der Waals surface area (Å²) in [7, 11) is -4.27. The Hall–Kier alpha value is -2.76. The van der Waals surface area contributed by atoms with Gasteiger partial charge in [0.15, 0.2) is 5.82 Å².